The summed E-state index contributed by atoms with van der Waals surface area (Å²) in [6.07, 6.45) is -3.07. The van der Waals surface area contributed by atoms with Crippen LogP contribution in [0.15, 0.2) is 60.8 Å². The van der Waals surface area contributed by atoms with Crippen molar-refractivity contribution >= 4 is 18.1 Å². The summed E-state index contributed by atoms with van der Waals surface area (Å²) in [6.45, 7) is 2.98. The lowest BCUT2D eigenvalue weighted by molar-refractivity contribution is -0.274. The smallest absolute Gasteiger partial charge is 0.406 e. The maximum atomic E-state index is 13.1. The van der Waals surface area contributed by atoms with Crippen LogP contribution >= 0.6 is 12.2 Å². The van der Waals surface area contributed by atoms with Gasteiger partial charge in [-0.15, -0.1) is 13.2 Å². The molecule has 1 N–H and O–H groups in total. The largest absolute Gasteiger partial charge is 0.573 e. The quantitative estimate of drug-likeness (QED) is 0.572. The Morgan fingerprint density at radius 1 is 1.00 bits per heavy atom. The van der Waals surface area contributed by atoms with E-state index in [9.17, 15) is 18.0 Å². The molecule has 0 atom stereocenters. The molecule has 0 bridgehead atoms. The van der Waals surface area contributed by atoms with E-state index in [2.05, 4.69) is 14.6 Å². The van der Waals surface area contributed by atoms with Gasteiger partial charge in [-0.05, 0) is 42.0 Å². The molecule has 10 heteroatoms. The predicted molar refractivity (Wildman–Crippen MR) is 115 cm³/mol. The molecule has 0 saturated carbocycles. The van der Waals surface area contributed by atoms with Crippen LogP contribution in [-0.2, 0) is 6.54 Å². The maximum Gasteiger partial charge on any atom is 0.573 e. The Kier molecular flexibility index (Phi) is 6.33. The number of alkyl halides is 3. The number of carbonyl (C=O) groups is 1. The van der Waals surface area contributed by atoms with Gasteiger partial charge in [0.05, 0.1) is 0 Å². The second kappa shape index (κ2) is 9.17. The van der Waals surface area contributed by atoms with Gasteiger partial charge in [0.25, 0.3) is 5.91 Å². The first-order chi connectivity index (χ1) is 15.3. The standard InChI is InChI=1S/C22H21F3N4O2S/c23-22(24,25)31-18-8-6-16(7-9-18)15-27-10-12-28(13-11-27)20(30)19-14-26-21(32)29(19)17-4-2-1-3-5-17/h1-9,14H,10-13,15H2,(H,26,32). The summed E-state index contributed by atoms with van der Waals surface area (Å²) in [7, 11) is 0. The van der Waals surface area contributed by atoms with E-state index >= 15 is 0 Å². The highest BCUT2D eigenvalue weighted by Gasteiger charge is 2.31. The fourth-order valence-electron chi connectivity index (χ4n) is 3.69. The first-order valence-corrected chi connectivity index (χ1v) is 10.4. The van der Waals surface area contributed by atoms with Gasteiger partial charge in [0, 0.05) is 44.6 Å². The van der Waals surface area contributed by atoms with Crippen LogP contribution in [0, 0.1) is 4.77 Å². The van der Waals surface area contributed by atoms with Crippen molar-refractivity contribution in [3.05, 3.63) is 76.8 Å². The molecule has 1 aliphatic rings. The summed E-state index contributed by atoms with van der Waals surface area (Å²) in [5, 5.41) is 0. The lowest BCUT2D eigenvalue weighted by atomic mass is 10.2. The third kappa shape index (κ3) is 5.20. The number of nitrogens with one attached hydrogen (secondary N) is 1. The molecule has 6 nitrogen and oxygen atoms in total. The van der Waals surface area contributed by atoms with E-state index in [1.54, 1.807) is 27.8 Å². The fraction of sp³-hybridized carbons (Fsp3) is 0.273. The van der Waals surface area contributed by atoms with E-state index in [1.807, 2.05) is 30.3 Å². The zero-order valence-corrected chi connectivity index (χ0v) is 17.8. The SMILES string of the molecule is O=C(c1c[nH]c(=S)n1-c1ccccc1)N1CCN(Cc2ccc(OC(F)(F)F)cc2)CC1. The number of amides is 1. The molecule has 1 aliphatic heterocycles. The molecular weight excluding hydrogens is 441 g/mol. The van der Waals surface area contributed by atoms with Crippen molar-refractivity contribution < 1.29 is 22.7 Å². The van der Waals surface area contributed by atoms with Crippen molar-refractivity contribution in [2.45, 2.75) is 12.9 Å². The zero-order chi connectivity index (χ0) is 22.7. The summed E-state index contributed by atoms with van der Waals surface area (Å²) >= 11 is 5.36. The molecule has 1 fully saturated rings. The lowest BCUT2D eigenvalue weighted by Crippen LogP contribution is -2.48. The Balaban J connectivity index is 1.36. The van der Waals surface area contributed by atoms with Crippen molar-refractivity contribution in [1.82, 2.24) is 19.4 Å². The molecule has 1 aromatic heterocycles. The number of imidazole rings is 1. The number of benzene rings is 2. The third-order valence-electron chi connectivity index (χ3n) is 5.23. The molecule has 168 valence electrons. The van der Waals surface area contributed by atoms with E-state index in [0.29, 0.717) is 43.2 Å². The van der Waals surface area contributed by atoms with Crippen molar-refractivity contribution in [1.29, 1.82) is 0 Å². The summed E-state index contributed by atoms with van der Waals surface area (Å²) in [4.78, 5) is 20.0. The van der Waals surface area contributed by atoms with Crippen LogP contribution in [0.3, 0.4) is 0 Å². The molecule has 0 unspecified atom stereocenters. The molecule has 1 saturated heterocycles. The second-order valence-electron chi connectivity index (χ2n) is 7.41. The Morgan fingerprint density at radius 3 is 2.28 bits per heavy atom. The first kappa shape index (κ1) is 22.1. The third-order valence-corrected chi connectivity index (χ3v) is 5.53. The average molecular weight is 462 g/mol. The molecular formula is C22H21F3N4O2S. The first-order valence-electron chi connectivity index (χ1n) is 10.0. The summed E-state index contributed by atoms with van der Waals surface area (Å²) in [5.41, 5.74) is 2.18. The summed E-state index contributed by atoms with van der Waals surface area (Å²) < 4.78 is 43.0. The molecule has 0 aliphatic carbocycles. The zero-order valence-electron chi connectivity index (χ0n) is 17.0. The number of hydrogen-bond acceptors (Lipinski definition) is 4. The number of ether oxygens (including phenoxy) is 1. The minimum absolute atomic E-state index is 0.102. The highest BCUT2D eigenvalue weighted by Crippen LogP contribution is 2.23. The monoisotopic (exact) mass is 462 g/mol. The lowest BCUT2D eigenvalue weighted by Gasteiger charge is -2.34. The van der Waals surface area contributed by atoms with Crippen molar-refractivity contribution in [2.75, 3.05) is 26.2 Å². The normalized spacial score (nSPS) is 15.0. The molecule has 3 aromatic rings. The highest BCUT2D eigenvalue weighted by molar-refractivity contribution is 7.71. The molecule has 32 heavy (non-hydrogen) atoms. The van der Waals surface area contributed by atoms with Gasteiger partial charge in [-0.1, -0.05) is 30.3 Å². The molecule has 2 heterocycles. The maximum absolute atomic E-state index is 13.1. The van der Waals surface area contributed by atoms with Crippen LogP contribution in [0.25, 0.3) is 5.69 Å². The van der Waals surface area contributed by atoms with Gasteiger partial charge >= 0.3 is 6.36 Å². The van der Waals surface area contributed by atoms with Crippen LogP contribution in [0.4, 0.5) is 13.2 Å². The number of aromatic nitrogens is 2. The van der Waals surface area contributed by atoms with Crippen LogP contribution in [0.1, 0.15) is 16.1 Å². The van der Waals surface area contributed by atoms with E-state index in [-0.39, 0.29) is 11.7 Å². The van der Waals surface area contributed by atoms with Crippen LogP contribution in [0.5, 0.6) is 5.75 Å². The minimum atomic E-state index is -4.70. The Morgan fingerprint density at radius 2 is 1.66 bits per heavy atom. The molecule has 2 aromatic carbocycles. The number of piperazine rings is 1. The van der Waals surface area contributed by atoms with Gasteiger partial charge in [0.1, 0.15) is 11.4 Å². The van der Waals surface area contributed by atoms with Gasteiger partial charge in [-0.25, -0.2) is 0 Å². The van der Waals surface area contributed by atoms with Crippen molar-refractivity contribution in [3.8, 4) is 11.4 Å². The molecule has 0 spiro atoms. The number of nitrogens with zero attached hydrogens (tertiary/aromatic N) is 3. The Hall–Kier alpha value is -3.11. The Bertz CT molecular complexity index is 1120. The van der Waals surface area contributed by atoms with Crippen molar-refractivity contribution in [3.63, 3.8) is 0 Å². The number of rotatable bonds is 5. The van der Waals surface area contributed by atoms with E-state index in [0.717, 1.165) is 11.3 Å². The average Bonchev–Trinajstić information content (AvgIpc) is 3.16. The highest BCUT2D eigenvalue weighted by atomic mass is 32.1. The van der Waals surface area contributed by atoms with Crippen LogP contribution in [-0.4, -0.2) is 57.8 Å². The van der Waals surface area contributed by atoms with Gasteiger partial charge in [0.2, 0.25) is 0 Å². The molecule has 0 radical (unpaired) electrons. The van der Waals surface area contributed by atoms with Gasteiger partial charge in [-0.3, -0.25) is 14.3 Å². The summed E-state index contributed by atoms with van der Waals surface area (Å²) in [6, 6.07) is 15.3. The van der Waals surface area contributed by atoms with Crippen molar-refractivity contribution in [2.24, 2.45) is 0 Å². The number of para-hydroxylation sites is 1. The van der Waals surface area contributed by atoms with Gasteiger partial charge < -0.3 is 14.6 Å². The second-order valence-corrected chi connectivity index (χ2v) is 7.80. The van der Waals surface area contributed by atoms with Crippen LogP contribution in [0.2, 0.25) is 0 Å². The number of aromatic amines is 1. The fourth-order valence-corrected chi connectivity index (χ4v) is 3.95. The molecule has 4 rings (SSSR count). The minimum Gasteiger partial charge on any atom is -0.406 e. The number of halogens is 3. The van der Waals surface area contributed by atoms with E-state index in [1.165, 1.54) is 12.1 Å². The van der Waals surface area contributed by atoms with E-state index in [4.69, 9.17) is 12.2 Å². The van der Waals surface area contributed by atoms with Crippen LogP contribution < -0.4 is 4.74 Å². The topological polar surface area (TPSA) is 53.5 Å². The van der Waals surface area contributed by atoms with Gasteiger partial charge in [0.15, 0.2) is 4.77 Å². The Labute approximate surface area is 187 Å². The van der Waals surface area contributed by atoms with E-state index < -0.39 is 6.36 Å². The molecule has 1 amide bonds. The number of hydrogen-bond donors (Lipinski definition) is 1. The predicted octanol–water partition coefficient (Wildman–Crippen LogP) is 4.39. The summed E-state index contributed by atoms with van der Waals surface area (Å²) in [5.74, 6) is -0.342. The van der Waals surface area contributed by atoms with Gasteiger partial charge in [-0.2, -0.15) is 0 Å². The number of carbonyl (C=O) groups excluding carboxylic acids is 1. The number of H-pyrrole nitrogens is 1.